The molecule has 5 rings (SSSR count). The predicted octanol–water partition coefficient (Wildman–Crippen LogP) is 6.61. The van der Waals surface area contributed by atoms with Crippen LogP contribution in [0.15, 0.2) is 47.3 Å². The van der Waals surface area contributed by atoms with Crippen molar-refractivity contribution in [3.63, 3.8) is 0 Å². The van der Waals surface area contributed by atoms with Gasteiger partial charge < -0.3 is 23.5 Å². The Labute approximate surface area is 245 Å². The van der Waals surface area contributed by atoms with E-state index in [0.29, 0.717) is 38.9 Å². The summed E-state index contributed by atoms with van der Waals surface area (Å²) in [5.74, 6) is 0.0378. The topological polar surface area (TPSA) is 93.1 Å². The summed E-state index contributed by atoms with van der Waals surface area (Å²) in [6, 6.07) is 13.3. The summed E-state index contributed by atoms with van der Waals surface area (Å²) in [6.45, 7) is 11.3. The van der Waals surface area contributed by atoms with Crippen LogP contribution in [0.25, 0.3) is 32.6 Å². The summed E-state index contributed by atoms with van der Waals surface area (Å²) < 4.78 is 26.4. The molecule has 0 amide bonds. The van der Waals surface area contributed by atoms with Crippen molar-refractivity contribution in [2.45, 2.75) is 72.2 Å². The second kappa shape index (κ2) is 11.0. The number of fused-ring (bicyclic) bond motifs is 6. The Morgan fingerprint density at radius 3 is 2.24 bits per heavy atom. The lowest BCUT2D eigenvalue weighted by Gasteiger charge is -2.44. The van der Waals surface area contributed by atoms with Crippen molar-refractivity contribution in [1.29, 1.82) is 0 Å². The van der Waals surface area contributed by atoms with Gasteiger partial charge >= 0.3 is 11.9 Å². The first-order valence-corrected chi connectivity index (χ1v) is 14.5. The Morgan fingerprint density at radius 2 is 1.60 bits per heavy atom. The van der Waals surface area contributed by atoms with Crippen LogP contribution in [0.2, 0.25) is 0 Å². The highest BCUT2D eigenvalue weighted by molar-refractivity contribution is 6.11. The van der Waals surface area contributed by atoms with Gasteiger partial charge in [0.1, 0.15) is 17.1 Å². The van der Waals surface area contributed by atoms with Gasteiger partial charge in [0, 0.05) is 26.0 Å². The molecule has 1 aromatic heterocycles. The van der Waals surface area contributed by atoms with E-state index in [9.17, 15) is 14.4 Å². The summed E-state index contributed by atoms with van der Waals surface area (Å²) >= 11 is 0. The number of hydrogen-bond acceptors (Lipinski definition) is 7. The average molecular weight is 574 g/mol. The molecule has 0 N–H and O–H groups in total. The molecule has 0 spiro atoms. The molecule has 2 atom stereocenters. The van der Waals surface area contributed by atoms with Gasteiger partial charge in [-0.15, -0.1) is 0 Å². The van der Waals surface area contributed by atoms with Crippen molar-refractivity contribution in [1.82, 2.24) is 4.57 Å². The fourth-order valence-corrected chi connectivity index (χ4v) is 5.98. The largest absolute Gasteiger partial charge is 0.496 e. The highest BCUT2D eigenvalue weighted by Crippen LogP contribution is 2.49. The lowest BCUT2D eigenvalue weighted by molar-refractivity contribution is -0.191. The van der Waals surface area contributed by atoms with E-state index in [0.717, 1.165) is 10.8 Å². The summed E-state index contributed by atoms with van der Waals surface area (Å²) in [4.78, 5) is 40.6. The van der Waals surface area contributed by atoms with E-state index >= 15 is 0 Å². The Balaban J connectivity index is 1.86. The van der Waals surface area contributed by atoms with Crippen LogP contribution in [-0.2, 0) is 26.1 Å². The molecule has 2 heterocycles. The standard InChI is InChI=1S/C34H39NO7/c1-18(2)15-25(36)40-32-29-24(42-34(5,6)33(32)41-26(37)16-19(3)4)17-23(39-8)28-30(29)35(7)22-14-13-20-11-9-10-12-21(20)27(22)31(28)38/h9-14,17-19,32-33H,15-16H2,1-8H3/t32-,33-/m1/s1. The number of rotatable bonds is 7. The van der Waals surface area contributed by atoms with Crippen LogP contribution in [-0.4, -0.2) is 35.3 Å². The maximum atomic E-state index is 14.4. The first kappa shape index (κ1) is 29.4. The summed E-state index contributed by atoms with van der Waals surface area (Å²) in [6.07, 6.45) is -1.61. The van der Waals surface area contributed by atoms with E-state index in [1.165, 1.54) is 7.11 Å². The molecule has 0 bridgehead atoms. The van der Waals surface area contributed by atoms with Gasteiger partial charge in [0.25, 0.3) is 0 Å². The lowest BCUT2D eigenvalue weighted by atomic mass is 9.86. The van der Waals surface area contributed by atoms with E-state index in [1.54, 1.807) is 19.9 Å². The van der Waals surface area contributed by atoms with Crippen LogP contribution >= 0.6 is 0 Å². The van der Waals surface area contributed by atoms with Crippen molar-refractivity contribution in [2.24, 2.45) is 18.9 Å². The Bertz CT molecular complexity index is 1770. The van der Waals surface area contributed by atoms with E-state index in [1.807, 2.05) is 75.7 Å². The molecule has 1 aliphatic heterocycles. The fraction of sp³-hybridized carbons (Fsp3) is 0.441. The Morgan fingerprint density at radius 1 is 0.952 bits per heavy atom. The van der Waals surface area contributed by atoms with Crippen molar-refractivity contribution < 1.29 is 28.5 Å². The van der Waals surface area contributed by atoms with Crippen molar-refractivity contribution in [3.05, 3.63) is 58.3 Å². The molecule has 42 heavy (non-hydrogen) atoms. The second-order valence-electron chi connectivity index (χ2n) is 12.5. The molecule has 4 aromatic rings. The summed E-state index contributed by atoms with van der Waals surface area (Å²) in [7, 11) is 3.38. The Kier molecular flexibility index (Phi) is 7.68. The number of hydrogen-bond donors (Lipinski definition) is 0. The van der Waals surface area contributed by atoms with Gasteiger partial charge in [-0.3, -0.25) is 14.4 Å². The molecule has 1 aliphatic rings. The Hall–Kier alpha value is -4.07. The predicted molar refractivity (Wildman–Crippen MR) is 163 cm³/mol. The number of carbonyl (C=O) groups is 2. The second-order valence-corrected chi connectivity index (χ2v) is 12.5. The molecule has 8 heteroatoms. The minimum absolute atomic E-state index is 0.0564. The number of pyridine rings is 1. The molecule has 8 nitrogen and oxygen atoms in total. The third kappa shape index (κ3) is 5.08. The van der Waals surface area contributed by atoms with Gasteiger partial charge in [-0.2, -0.15) is 0 Å². The summed E-state index contributed by atoms with van der Waals surface area (Å²) in [5.41, 5.74) is 0.402. The van der Waals surface area contributed by atoms with Crippen LogP contribution in [0, 0.1) is 11.8 Å². The first-order valence-electron chi connectivity index (χ1n) is 14.5. The molecule has 0 unspecified atom stereocenters. The van der Waals surface area contributed by atoms with Crippen LogP contribution in [0.5, 0.6) is 11.5 Å². The zero-order valence-corrected chi connectivity index (χ0v) is 25.6. The number of esters is 2. The first-order chi connectivity index (χ1) is 19.8. The number of methoxy groups -OCH3 is 1. The highest BCUT2D eigenvalue weighted by atomic mass is 16.6. The van der Waals surface area contributed by atoms with E-state index in [-0.39, 0.29) is 30.1 Å². The molecule has 0 saturated heterocycles. The SMILES string of the molecule is COc1cc2c(c3c1c(=O)c1c4ccccc4ccc1n3C)[C@@H](OC(=O)CC(C)C)[C@@H](OC(=O)CC(C)C)C(C)(C)O2. The molecule has 222 valence electrons. The molecule has 3 aromatic carbocycles. The number of carbonyl (C=O) groups excluding carboxylic acids is 2. The molecular weight excluding hydrogens is 534 g/mol. The minimum Gasteiger partial charge on any atom is -0.496 e. The lowest BCUT2D eigenvalue weighted by Crippen LogP contribution is -2.52. The number of ether oxygens (including phenoxy) is 4. The third-order valence-electron chi connectivity index (χ3n) is 7.83. The van der Waals surface area contributed by atoms with Crippen LogP contribution < -0.4 is 14.9 Å². The number of aromatic nitrogens is 1. The summed E-state index contributed by atoms with van der Waals surface area (Å²) in [5, 5.41) is 2.67. The molecule has 0 radical (unpaired) electrons. The third-order valence-corrected chi connectivity index (χ3v) is 7.83. The van der Waals surface area contributed by atoms with Gasteiger partial charge in [0.2, 0.25) is 5.43 Å². The maximum absolute atomic E-state index is 14.4. The normalized spacial score (nSPS) is 17.9. The van der Waals surface area contributed by atoms with Gasteiger partial charge in [-0.05, 0) is 42.5 Å². The number of benzene rings is 3. The van der Waals surface area contributed by atoms with Gasteiger partial charge in [-0.1, -0.05) is 58.0 Å². The molecular formula is C34H39NO7. The number of aryl methyl sites for hydroxylation is 1. The fourth-order valence-electron chi connectivity index (χ4n) is 5.98. The minimum atomic E-state index is -1.06. The van der Waals surface area contributed by atoms with E-state index in [4.69, 9.17) is 18.9 Å². The van der Waals surface area contributed by atoms with Gasteiger partial charge in [-0.25, -0.2) is 0 Å². The van der Waals surface area contributed by atoms with Gasteiger partial charge in [0.05, 0.1) is 34.5 Å². The zero-order valence-electron chi connectivity index (χ0n) is 25.6. The van der Waals surface area contributed by atoms with Crippen molar-refractivity contribution >= 4 is 44.5 Å². The monoisotopic (exact) mass is 573 g/mol. The van der Waals surface area contributed by atoms with Crippen LogP contribution in [0.4, 0.5) is 0 Å². The maximum Gasteiger partial charge on any atom is 0.306 e. The van der Waals surface area contributed by atoms with Crippen molar-refractivity contribution in [2.75, 3.05) is 7.11 Å². The van der Waals surface area contributed by atoms with E-state index < -0.39 is 29.7 Å². The van der Waals surface area contributed by atoms with Crippen molar-refractivity contribution in [3.8, 4) is 11.5 Å². The molecule has 0 saturated carbocycles. The quantitative estimate of drug-likeness (QED) is 0.139. The smallest absolute Gasteiger partial charge is 0.306 e. The average Bonchev–Trinajstić information content (AvgIpc) is 2.90. The molecule has 0 fully saturated rings. The van der Waals surface area contributed by atoms with Crippen LogP contribution in [0.1, 0.15) is 66.1 Å². The zero-order chi connectivity index (χ0) is 30.5. The van der Waals surface area contributed by atoms with E-state index in [2.05, 4.69) is 0 Å². The molecule has 0 aliphatic carbocycles. The van der Waals surface area contributed by atoms with Gasteiger partial charge in [0.15, 0.2) is 12.2 Å². The number of nitrogens with zero attached hydrogens (tertiary/aromatic N) is 1. The highest BCUT2D eigenvalue weighted by Gasteiger charge is 2.50. The van der Waals surface area contributed by atoms with Crippen LogP contribution in [0.3, 0.4) is 0 Å².